The topological polar surface area (TPSA) is 34.9 Å². The van der Waals surface area contributed by atoms with Gasteiger partial charge in [0.05, 0.1) is 6.54 Å². The minimum atomic E-state index is 0.0267. The van der Waals surface area contributed by atoms with Gasteiger partial charge >= 0.3 is 0 Å². The van der Waals surface area contributed by atoms with Gasteiger partial charge in [0, 0.05) is 24.2 Å². The summed E-state index contributed by atoms with van der Waals surface area (Å²) in [6, 6.07) is 9.11. The molecule has 0 spiro atoms. The number of hydrogen-bond acceptors (Lipinski definition) is 2. The van der Waals surface area contributed by atoms with Crippen molar-refractivity contribution in [3.8, 4) is 0 Å². The molecule has 0 saturated carbocycles. The van der Waals surface area contributed by atoms with E-state index in [1.807, 2.05) is 25.1 Å². The van der Waals surface area contributed by atoms with Crippen LogP contribution in [0.25, 0.3) is 0 Å². The summed E-state index contributed by atoms with van der Waals surface area (Å²) in [5.41, 5.74) is 2.03. The summed E-state index contributed by atoms with van der Waals surface area (Å²) in [6.07, 6.45) is 3.50. The van der Waals surface area contributed by atoms with Gasteiger partial charge in [-0.3, -0.25) is 9.78 Å². The van der Waals surface area contributed by atoms with Gasteiger partial charge in [-0.2, -0.15) is 0 Å². The second kappa shape index (κ2) is 4.09. The van der Waals surface area contributed by atoms with Gasteiger partial charge in [-0.1, -0.05) is 12.1 Å². The average molecular weight is 200 g/mol. The highest BCUT2D eigenvalue weighted by atomic mass is 16.1. The first-order valence-electron chi connectivity index (χ1n) is 4.83. The Labute approximate surface area is 88.0 Å². The van der Waals surface area contributed by atoms with Crippen LogP contribution in [-0.4, -0.2) is 9.55 Å². The zero-order chi connectivity index (χ0) is 10.7. The highest BCUT2D eigenvalue weighted by Gasteiger charge is 1.99. The number of aryl methyl sites for hydroxylation is 1. The van der Waals surface area contributed by atoms with Gasteiger partial charge in [0.25, 0.3) is 5.56 Å². The first-order valence-corrected chi connectivity index (χ1v) is 4.83. The molecule has 0 fully saturated rings. The quantitative estimate of drug-likeness (QED) is 0.738. The molecule has 0 saturated heterocycles. The Kier molecular flexibility index (Phi) is 2.63. The van der Waals surface area contributed by atoms with E-state index in [2.05, 4.69) is 4.98 Å². The summed E-state index contributed by atoms with van der Waals surface area (Å²) in [6.45, 7) is 2.51. The van der Waals surface area contributed by atoms with Crippen LogP contribution in [0, 0.1) is 6.92 Å². The van der Waals surface area contributed by atoms with Crippen LogP contribution in [0.5, 0.6) is 0 Å². The normalized spacial score (nSPS) is 10.2. The smallest absolute Gasteiger partial charge is 0.251 e. The predicted octanol–water partition coefficient (Wildman–Crippen LogP) is 1.60. The SMILES string of the molecule is Cc1cccc(=O)n1Cc1cccnc1. The first kappa shape index (κ1) is 9.65. The fourth-order valence-electron chi connectivity index (χ4n) is 1.50. The van der Waals surface area contributed by atoms with Crippen molar-refractivity contribution in [3.05, 3.63) is 64.3 Å². The molecule has 2 rings (SSSR count). The average Bonchev–Trinajstić information content (AvgIpc) is 2.25. The maximum atomic E-state index is 11.6. The van der Waals surface area contributed by atoms with Crippen LogP contribution in [0.2, 0.25) is 0 Å². The van der Waals surface area contributed by atoms with E-state index in [-0.39, 0.29) is 5.56 Å². The molecule has 0 bridgehead atoms. The number of aromatic nitrogens is 2. The van der Waals surface area contributed by atoms with E-state index in [0.717, 1.165) is 11.3 Å². The second-order valence-electron chi connectivity index (χ2n) is 3.45. The summed E-state index contributed by atoms with van der Waals surface area (Å²) in [4.78, 5) is 15.6. The molecule has 2 aromatic heterocycles. The summed E-state index contributed by atoms with van der Waals surface area (Å²) in [5.74, 6) is 0. The van der Waals surface area contributed by atoms with Crippen LogP contribution >= 0.6 is 0 Å². The summed E-state index contributed by atoms with van der Waals surface area (Å²) >= 11 is 0. The van der Waals surface area contributed by atoms with Gasteiger partial charge in [-0.05, 0) is 24.6 Å². The maximum Gasteiger partial charge on any atom is 0.251 e. The van der Waals surface area contributed by atoms with Gasteiger partial charge in [-0.25, -0.2) is 0 Å². The molecule has 15 heavy (non-hydrogen) atoms. The van der Waals surface area contributed by atoms with Crippen molar-refractivity contribution in [1.29, 1.82) is 0 Å². The second-order valence-corrected chi connectivity index (χ2v) is 3.45. The maximum absolute atomic E-state index is 11.6. The third-order valence-electron chi connectivity index (χ3n) is 2.33. The first-order chi connectivity index (χ1) is 7.27. The van der Waals surface area contributed by atoms with Crippen molar-refractivity contribution in [2.75, 3.05) is 0 Å². The Morgan fingerprint density at radius 1 is 1.27 bits per heavy atom. The molecule has 0 aliphatic carbocycles. The molecular formula is C12H12N2O. The van der Waals surface area contributed by atoms with Gasteiger partial charge < -0.3 is 4.57 Å². The Balaban J connectivity index is 2.37. The largest absolute Gasteiger partial charge is 0.308 e. The summed E-state index contributed by atoms with van der Waals surface area (Å²) in [7, 11) is 0. The fraction of sp³-hybridized carbons (Fsp3) is 0.167. The number of hydrogen-bond donors (Lipinski definition) is 0. The molecule has 0 atom stereocenters. The molecule has 0 aliphatic heterocycles. The Hall–Kier alpha value is -1.90. The van der Waals surface area contributed by atoms with Crippen molar-refractivity contribution in [1.82, 2.24) is 9.55 Å². The zero-order valence-electron chi connectivity index (χ0n) is 8.55. The molecule has 0 N–H and O–H groups in total. The molecule has 0 aliphatic rings. The summed E-state index contributed by atoms with van der Waals surface area (Å²) < 4.78 is 1.73. The minimum absolute atomic E-state index is 0.0267. The van der Waals surface area contributed by atoms with Crippen LogP contribution in [0.4, 0.5) is 0 Å². The predicted molar refractivity (Wildman–Crippen MR) is 58.8 cm³/mol. The Morgan fingerprint density at radius 2 is 2.13 bits per heavy atom. The summed E-state index contributed by atoms with van der Waals surface area (Å²) in [5, 5.41) is 0. The Bertz CT molecular complexity index is 503. The van der Waals surface area contributed by atoms with Gasteiger partial charge in [0.2, 0.25) is 0 Å². The molecule has 0 unspecified atom stereocenters. The van der Waals surface area contributed by atoms with Crippen molar-refractivity contribution < 1.29 is 0 Å². The van der Waals surface area contributed by atoms with E-state index in [1.165, 1.54) is 0 Å². The lowest BCUT2D eigenvalue weighted by Gasteiger charge is -2.08. The highest BCUT2D eigenvalue weighted by Crippen LogP contribution is 2.01. The highest BCUT2D eigenvalue weighted by molar-refractivity contribution is 5.12. The number of nitrogens with zero attached hydrogens (tertiary/aromatic N) is 2. The fourth-order valence-corrected chi connectivity index (χ4v) is 1.50. The van der Waals surface area contributed by atoms with E-state index in [1.54, 1.807) is 29.1 Å². The van der Waals surface area contributed by atoms with E-state index >= 15 is 0 Å². The monoisotopic (exact) mass is 200 g/mol. The van der Waals surface area contributed by atoms with Crippen LogP contribution in [0.1, 0.15) is 11.3 Å². The van der Waals surface area contributed by atoms with Crippen LogP contribution in [-0.2, 0) is 6.54 Å². The van der Waals surface area contributed by atoms with Crippen molar-refractivity contribution >= 4 is 0 Å². The van der Waals surface area contributed by atoms with Crippen molar-refractivity contribution in [2.24, 2.45) is 0 Å². The van der Waals surface area contributed by atoms with Gasteiger partial charge in [0.15, 0.2) is 0 Å². The van der Waals surface area contributed by atoms with Gasteiger partial charge in [0.1, 0.15) is 0 Å². The lowest BCUT2D eigenvalue weighted by Crippen LogP contribution is -2.21. The number of pyridine rings is 2. The van der Waals surface area contributed by atoms with E-state index < -0.39 is 0 Å². The van der Waals surface area contributed by atoms with Crippen LogP contribution in [0.15, 0.2) is 47.5 Å². The molecule has 2 heterocycles. The zero-order valence-corrected chi connectivity index (χ0v) is 8.55. The van der Waals surface area contributed by atoms with E-state index in [9.17, 15) is 4.79 Å². The Morgan fingerprint density at radius 3 is 2.80 bits per heavy atom. The molecule has 0 aromatic carbocycles. The van der Waals surface area contributed by atoms with E-state index in [0.29, 0.717) is 6.54 Å². The van der Waals surface area contributed by atoms with Crippen molar-refractivity contribution in [2.45, 2.75) is 13.5 Å². The number of rotatable bonds is 2. The third-order valence-corrected chi connectivity index (χ3v) is 2.33. The lowest BCUT2D eigenvalue weighted by molar-refractivity contribution is 0.727. The molecule has 3 heteroatoms. The molecular weight excluding hydrogens is 188 g/mol. The molecule has 0 radical (unpaired) electrons. The molecule has 2 aromatic rings. The standard InChI is InChI=1S/C12H12N2O/c1-10-4-2-6-12(15)14(10)9-11-5-3-7-13-8-11/h2-8H,9H2,1H3. The minimum Gasteiger partial charge on any atom is -0.308 e. The van der Waals surface area contributed by atoms with Crippen LogP contribution in [0.3, 0.4) is 0 Å². The molecule has 0 amide bonds. The molecule has 76 valence electrons. The lowest BCUT2D eigenvalue weighted by atomic mass is 10.2. The van der Waals surface area contributed by atoms with Crippen LogP contribution < -0.4 is 5.56 Å². The van der Waals surface area contributed by atoms with Gasteiger partial charge in [-0.15, -0.1) is 0 Å². The van der Waals surface area contributed by atoms with E-state index in [4.69, 9.17) is 0 Å². The van der Waals surface area contributed by atoms with Crippen molar-refractivity contribution in [3.63, 3.8) is 0 Å². The molecule has 3 nitrogen and oxygen atoms in total. The third kappa shape index (κ3) is 2.13.